The van der Waals surface area contributed by atoms with Gasteiger partial charge in [0, 0.05) is 17.1 Å². The molecule has 0 fully saturated rings. The molecule has 2 aromatic rings. The van der Waals surface area contributed by atoms with E-state index in [0.29, 0.717) is 0 Å². The first-order chi connectivity index (χ1) is 8.16. The molecule has 2 aromatic carbocycles. The molecule has 0 saturated carbocycles. The van der Waals surface area contributed by atoms with Crippen LogP contribution in [0.1, 0.15) is 0 Å². The molecule has 6 heteroatoms. The zero-order chi connectivity index (χ0) is 12.1. The molecule has 2 rings (SSSR count). The summed E-state index contributed by atoms with van der Waals surface area (Å²) in [5.74, 6) is 0.573. The quantitative estimate of drug-likeness (QED) is 0.695. The number of hydrogen-bond donors (Lipinski definition) is 1. The van der Waals surface area contributed by atoms with E-state index in [9.17, 15) is 9.46 Å². The zero-order valence-corrected chi connectivity index (χ0v) is 11.0. The van der Waals surface area contributed by atoms with Crippen molar-refractivity contribution in [1.29, 1.82) is 0 Å². The molecule has 0 aliphatic heterocycles. The van der Waals surface area contributed by atoms with Crippen molar-refractivity contribution in [1.82, 2.24) is 0 Å². The normalized spacial score (nSPS) is 10.3. The molecule has 0 saturated heterocycles. The first-order valence-electron chi connectivity index (χ1n) is 4.98. The van der Waals surface area contributed by atoms with Crippen molar-refractivity contribution >= 4 is 7.82 Å². The van der Waals surface area contributed by atoms with Gasteiger partial charge in [0.2, 0.25) is 0 Å². The second kappa shape index (κ2) is 6.62. The third-order valence-corrected chi connectivity index (χ3v) is 2.81. The van der Waals surface area contributed by atoms with E-state index in [0.717, 1.165) is 0 Å². The average molecular weight is 314 g/mol. The third kappa shape index (κ3) is 4.55. The van der Waals surface area contributed by atoms with E-state index < -0.39 is 7.82 Å². The minimum Gasteiger partial charge on any atom is -0.395 e. The zero-order valence-electron chi connectivity index (χ0n) is 9.19. The van der Waals surface area contributed by atoms with Gasteiger partial charge >= 0.3 is 7.82 Å². The molecule has 99 valence electrons. The minimum atomic E-state index is -4.14. The fraction of sp³-hybridized carbons (Fsp3) is 0. The standard InChI is InChI=1S/C12H11O4P.Cu/c13-17(14,15-11-7-3-1-4-8-11)16-12-9-5-2-6-10-12;/h1-10H,(H,13,14);. The summed E-state index contributed by atoms with van der Waals surface area (Å²) in [7, 11) is -4.14. The molecule has 0 unspecified atom stereocenters. The maximum absolute atomic E-state index is 11.7. The summed E-state index contributed by atoms with van der Waals surface area (Å²) in [5.41, 5.74) is 0. The van der Waals surface area contributed by atoms with Crippen LogP contribution in [0.15, 0.2) is 60.7 Å². The molecule has 0 spiro atoms. The van der Waals surface area contributed by atoms with Crippen molar-refractivity contribution in [2.45, 2.75) is 0 Å². The SMILES string of the molecule is O=P(O)(Oc1ccccc1)Oc1ccccc1.[Cu]. The Kier molecular flexibility index (Phi) is 5.45. The maximum atomic E-state index is 11.7. The summed E-state index contributed by atoms with van der Waals surface area (Å²) in [4.78, 5) is 9.53. The number of benzene rings is 2. The van der Waals surface area contributed by atoms with Gasteiger partial charge in [0.1, 0.15) is 11.5 Å². The third-order valence-electron chi connectivity index (χ3n) is 1.93. The first-order valence-corrected chi connectivity index (χ1v) is 6.47. The van der Waals surface area contributed by atoms with Crippen LogP contribution in [-0.4, -0.2) is 4.89 Å². The number of para-hydroxylation sites is 2. The fourth-order valence-electron chi connectivity index (χ4n) is 1.25. The molecule has 18 heavy (non-hydrogen) atoms. The van der Waals surface area contributed by atoms with Crippen molar-refractivity contribution in [2.75, 3.05) is 0 Å². The van der Waals surface area contributed by atoms with Crippen LogP contribution in [-0.2, 0) is 21.6 Å². The van der Waals surface area contributed by atoms with Crippen molar-refractivity contribution in [2.24, 2.45) is 0 Å². The van der Waals surface area contributed by atoms with Crippen LogP contribution in [0, 0.1) is 0 Å². The summed E-state index contributed by atoms with van der Waals surface area (Å²) < 4.78 is 21.5. The molecule has 0 heterocycles. The summed E-state index contributed by atoms with van der Waals surface area (Å²) in [6.07, 6.45) is 0. The predicted molar refractivity (Wildman–Crippen MR) is 64.0 cm³/mol. The van der Waals surface area contributed by atoms with E-state index in [4.69, 9.17) is 9.05 Å². The molecule has 4 nitrogen and oxygen atoms in total. The number of hydrogen-bond acceptors (Lipinski definition) is 3. The van der Waals surface area contributed by atoms with Gasteiger partial charge in [-0.1, -0.05) is 36.4 Å². The van der Waals surface area contributed by atoms with Crippen molar-refractivity contribution in [3.63, 3.8) is 0 Å². The Morgan fingerprint density at radius 1 is 0.778 bits per heavy atom. The number of phosphoric ester groups is 1. The Labute approximate surface area is 116 Å². The molecule has 0 aliphatic carbocycles. The van der Waals surface area contributed by atoms with Crippen LogP contribution in [0.2, 0.25) is 0 Å². The Hall–Kier alpha value is -1.25. The maximum Gasteiger partial charge on any atom is 0.584 e. The van der Waals surface area contributed by atoms with Gasteiger partial charge in [-0.05, 0) is 24.3 Å². The molecule has 0 aliphatic rings. The van der Waals surface area contributed by atoms with Crippen LogP contribution in [0.3, 0.4) is 0 Å². The van der Waals surface area contributed by atoms with E-state index in [1.54, 1.807) is 60.7 Å². The fourth-order valence-corrected chi connectivity index (χ4v) is 2.06. The average Bonchev–Trinajstić information content (AvgIpc) is 2.30. The molecule has 1 N–H and O–H groups in total. The van der Waals surface area contributed by atoms with E-state index in [1.807, 2.05) is 0 Å². The Morgan fingerprint density at radius 3 is 1.44 bits per heavy atom. The van der Waals surface area contributed by atoms with E-state index >= 15 is 0 Å². The molecule has 0 amide bonds. The van der Waals surface area contributed by atoms with Crippen LogP contribution >= 0.6 is 7.82 Å². The molecule has 0 aromatic heterocycles. The van der Waals surface area contributed by atoms with Gasteiger partial charge in [0.25, 0.3) is 0 Å². The van der Waals surface area contributed by atoms with E-state index in [1.165, 1.54) is 0 Å². The second-order valence-corrected chi connectivity index (χ2v) is 4.58. The van der Waals surface area contributed by atoms with Crippen LogP contribution in [0.5, 0.6) is 11.5 Å². The van der Waals surface area contributed by atoms with Gasteiger partial charge in [-0.15, -0.1) is 0 Å². The summed E-state index contributed by atoms with van der Waals surface area (Å²) >= 11 is 0. The van der Waals surface area contributed by atoms with Gasteiger partial charge in [0.05, 0.1) is 0 Å². The van der Waals surface area contributed by atoms with Crippen molar-refractivity contribution in [3.05, 3.63) is 60.7 Å². The number of rotatable bonds is 4. The van der Waals surface area contributed by atoms with Crippen molar-refractivity contribution in [3.8, 4) is 11.5 Å². The van der Waals surface area contributed by atoms with Crippen molar-refractivity contribution < 1.29 is 35.6 Å². The molecular formula is C12H11CuO4P. The van der Waals surface area contributed by atoms with Gasteiger partial charge in [-0.25, -0.2) is 4.57 Å². The van der Waals surface area contributed by atoms with Crippen LogP contribution in [0.25, 0.3) is 0 Å². The van der Waals surface area contributed by atoms with Gasteiger partial charge in [-0.3, -0.25) is 4.89 Å². The Balaban J connectivity index is 0.00000162. The molecule has 1 radical (unpaired) electrons. The monoisotopic (exact) mass is 313 g/mol. The van der Waals surface area contributed by atoms with Gasteiger partial charge in [0.15, 0.2) is 0 Å². The Bertz CT molecular complexity index is 473. The topological polar surface area (TPSA) is 55.8 Å². The largest absolute Gasteiger partial charge is 0.584 e. The smallest absolute Gasteiger partial charge is 0.395 e. The Morgan fingerprint density at radius 2 is 1.11 bits per heavy atom. The first kappa shape index (κ1) is 14.8. The van der Waals surface area contributed by atoms with Gasteiger partial charge in [-0.2, -0.15) is 0 Å². The van der Waals surface area contributed by atoms with E-state index in [2.05, 4.69) is 0 Å². The molecule has 0 atom stereocenters. The molecule has 0 bridgehead atoms. The van der Waals surface area contributed by atoms with Crippen LogP contribution in [0.4, 0.5) is 0 Å². The van der Waals surface area contributed by atoms with E-state index in [-0.39, 0.29) is 28.6 Å². The minimum absolute atomic E-state index is 0. The second-order valence-electron chi connectivity index (χ2n) is 3.28. The molecular weight excluding hydrogens is 303 g/mol. The number of phosphoric acid groups is 1. The van der Waals surface area contributed by atoms with Crippen LogP contribution < -0.4 is 9.05 Å². The summed E-state index contributed by atoms with van der Waals surface area (Å²) in [6, 6.07) is 16.7. The predicted octanol–water partition coefficient (Wildman–Crippen LogP) is 3.24. The summed E-state index contributed by atoms with van der Waals surface area (Å²) in [5, 5.41) is 0. The van der Waals surface area contributed by atoms with Gasteiger partial charge < -0.3 is 9.05 Å². The summed E-state index contributed by atoms with van der Waals surface area (Å²) in [6.45, 7) is 0.